The zero-order chi connectivity index (χ0) is 7.72. The van der Waals surface area contributed by atoms with E-state index in [-0.39, 0.29) is 0 Å². The van der Waals surface area contributed by atoms with Crippen LogP contribution in [0.15, 0.2) is 12.1 Å². The van der Waals surface area contributed by atoms with Crippen molar-refractivity contribution >= 4 is 0 Å². The molecule has 0 bridgehead atoms. The first-order chi connectivity index (χ1) is 4.80. The summed E-state index contributed by atoms with van der Waals surface area (Å²) in [5.41, 5.74) is 5.95. The van der Waals surface area contributed by atoms with Crippen LogP contribution in [0.2, 0.25) is 0 Å². The summed E-state index contributed by atoms with van der Waals surface area (Å²) < 4.78 is 0. The predicted octanol–water partition coefficient (Wildman–Crippen LogP) is 1.10. The molecule has 0 fully saturated rings. The lowest BCUT2D eigenvalue weighted by Crippen LogP contribution is -2.02. The van der Waals surface area contributed by atoms with Gasteiger partial charge in [0, 0.05) is 0 Å². The van der Waals surface area contributed by atoms with Crippen molar-refractivity contribution in [2.24, 2.45) is 11.7 Å². The van der Waals surface area contributed by atoms with Gasteiger partial charge in [-0.25, -0.2) is 0 Å². The third kappa shape index (κ3) is 0.664. The first-order valence-electron chi connectivity index (χ1n) is 3.24. The van der Waals surface area contributed by atoms with Crippen LogP contribution in [0.3, 0.4) is 0 Å². The molecule has 4 N–H and O–H groups in total. The van der Waals surface area contributed by atoms with Gasteiger partial charge in [0.1, 0.15) is 0 Å². The molecule has 0 unspecified atom stereocenters. The maximum atomic E-state index is 4.00. The Hall–Kier alpha value is -0.860. The molecule has 0 amide bonds. The van der Waals surface area contributed by atoms with Gasteiger partial charge in [0.15, 0.2) is 0 Å². The van der Waals surface area contributed by atoms with E-state index in [0.717, 1.165) is 0 Å². The lowest BCUT2D eigenvalue weighted by Gasteiger charge is -2.23. The molecule has 0 heterocycles. The van der Waals surface area contributed by atoms with Crippen molar-refractivity contribution in [3.05, 3.63) is 23.3 Å². The lowest BCUT2D eigenvalue weighted by molar-refractivity contribution is 1.26. The number of rotatable bonds is 0. The Morgan fingerprint density at radius 3 is 1.30 bits per heavy atom. The van der Waals surface area contributed by atoms with E-state index in [0.29, 0.717) is 0 Å². The predicted molar refractivity (Wildman–Crippen MR) is 43.3 cm³/mol. The SMILES string of the molecule is Cc1c2ccc-2c1C.NN. The zero-order valence-electron chi connectivity index (χ0n) is 6.31. The summed E-state index contributed by atoms with van der Waals surface area (Å²) in [6, 6.07) is 4.36. The Kier molecular flexibility index (Phi) is 1.74. The average molecular weight is 136 g/mol. The fraction of sp³-hybridized carbons (Fsp3) is 0.250. The minimum atomic E-state index is 1.49. The Morgan fingerprint density at radius 2 is 1.20 bits per heavy atom. The average Bonchev–Trinajstić information content (AvgIpc) is 1.91. The number of nitrogens with two attached hydrogens (primary N) is 2. The monoisotopic (exact) mass is 136 g/mol. The van der Waals surface area contributed by atoms with Crippen LogP contribution in [0, 0.1) is 13.8 Å². The standard InChI is InChI=1S/C8H8.H4N2/c1-5-6(2)8-4-3-7(5)8;1-2/h3-4H,1-2H3;1-2H2. The third-order valence-corrected chi connectivity index (χ3v) is 2.08. The molecule has 0 spiro atoms. The van der Waals surface area contributed by atoms with Gasteiger partial charge in [-0.15, -0.1) is 0 Å². The zero-order valence-corrected chi connectivity index (χ0v) is 6.31. The number of hydrogen-bond acceptors (Lipinski definition) is 2. The summed E-state index contributed by atoms with van der Waals surface area (Å²) in [7, 11) is 0. The molecule has 10 heavy (non-hydrogen) atoms. The summed E-state index contributed by atoms with van der Waals surface area (Å²) in [5, 5.41) is 0. The van der Waals surface area contributed by atoms with Crippen molar-refractivity contribution < 1.29 is 0 Å². The summed E-state index contributed by atoms with van der Waals surface area (Å²) in [6.45, 7) is 4.36. The van der Waals surface area contributed by atoms with Crippen molar-refractivity contribution in [3.63, 3.8) is 0 Å². The molecule has 0 aromatic carbocycles. The number of hydrazine groups is 1. The number of fused-ring (bicyclic) bond motifs is 1. The highest BCUT2D eigenvalue weighted by Gasteiger charge is 2.17. The van der Waals surface area contributed by atoms with Gasteiger partial charge in [-0.1, -0.05) is 12.1 Å². The van der Waals surface area contributed by atoms with Crippen LogP contribution < -0.4 is 11.7 Å². The number of hydrogen-bond donors (Lipinski definition) is 2. The van der Waals surface area contributed by atoms with Crippen LogP contribution in [0.4, 0.5) is 0 Å². The molecular weight excluding hydrogens is 124 g/mol. The van der Waals surface area contributed by atoms with Crippen molar-refractivity contribution in [2.45, 2.75) is 13.8 Å². The van der Waals surface area contributed by atoms with E-state index in [4.69, 9.17) is 0 Å². The largest absolute Gasteiger partial charge is 0.274 e. The highest BCUT2D eigenvalue weighted by atomic mass is 15.0. The first-order valence-corrected chi connectivity index (χ1v) is 3.24. The molecule has 2 aliphatic rings. The van der Waals surface area contributed by atoms with Crippen molar-refractivity contribution in [3.8, 4) is 11.1 Å². The van der Waals surface area contributed by atoms with E-state index in [1.165, 1.54) is 22.3 Å². The Morgan fingerprint density at radius 1 is 0.900 bits per heavy atom. The summed E-state index contributed by atoms with van der Waals surface area (Å²) in [4.78, 5) is 0. The second-order valence-electron chi connectivity index (χ2n) is 2.41. The van der Waals surface area contributed by atoms with Crippen LogP contribution >= 0.6 is 0 Å². The minimum absolute atomic E-state index is 1.49. The highest BCUT2D eigenvalue weighted by Crippen LogP contribution is 2.40. The maximum absolute atomic E-state index is 4.00. The normalized spacial score (nSPS) is 10.0. The van der Waals surface area contributed by atoms with E-state index in [1.54, 1.807) is 0 Å². The maximum Gasteiger partial charge on any atom is -0.0149 e. The fourth-order valence-corrected chi connectivity index (χ4v) is 1.25. The van der Waals surface area contributed by atoms with Gasteiger partial charge in [-0.05, 0) is 36.1 Å². The van der Waals surface area contributed by atoms with Gasteiger partial charge >= 0.3 is 0 Å². The van der Waals surface area contributed by atoms with Gasteiger partial charge < -0.3 is 0 Å². The molecule has 0 aromatic rings. The number of benzene rings is 1. The van der Waals surface area contributed by atoms with Gasteiger partial charge in [0.25, 0.3) is 0 Å². The Balaban J connectivity index is 0.000000231. The molecule has 0 aliphatic heterocycles. The molecule has 2 rings (SSSR count). The molecule has 2 heteroatoms. The molecule has 0 radical (unpaired) electrons. The molecular formula is C8H12N2. The van der Waals surface area contributed by atoms with Gasteiger partial charge in [-0.3, -0.25) is 11.7 Å². The second kappa shape index (κ2) is 2.40. The van der Waals surface area contributed by atoms with Crippen LogP contribution in [-0.2, 0) is 0 Å². The van der Waals surface area contributed by atoms with Crippen LogP contribution in [0.1, 0.15) is 11.1 Å². The Bertz CT molecular complexity index is 227. The van der Waals surface area contributed by atoms with Gasteiger partial charge in [-0.2, -0.15) is 0 Å². The molecule has 2 nitrogen and oxygen atoms in total. The molecule has 0 saturated carbocycles. The van der Waals surface area contributed by atoms with Crippen LogP contribution in [-0.4, -0.2) is 0 Å². The van der Waals surface area contributed by atoms with Crippen molar-refractivity contribution in [1.82, 2.24) is 0 Å². The molecule has 0 saturated heterocycles. The van der Waals surface area contributed by atoms with Crippen molar-refractivity contribution in [1.29, 1.82) is 0 Å². The van der Waals surface area contributed by atoms with Crippen LogP contribution in [0.5, 0.6) is 0 Å². The summed E-state index contributed by atoms with van der Waals surface area (Å²) in [5.74, 6) is 8.00. The van der Waals surface area contributed by atoms with E-state index in [9.17, 15) is 0 Å². The molecule has 0 atom stereocenters. The summed E-state index contributed by atoms with van der Waals surface area (Å²) in [6.07, 6.45) is 0. The quantitative estimate of drug-likeness (QED) is 0.421. The van der Waals surface area contributed by atoms with E-state index in [1.807, 2.05) is 0 Å². The smallest absolute Gasteiger partial charge is 0.0149 e. The molecule has 2 aliphatic carbocycles. The summed E-state index contributed by atoms with van der Waals surface area (Å²) >= 11 is 0. The first kappa shape index (κ1) is 7.25. The molecule has 54 valence electrons. The second-order valence-corrected chi connectivity index (χ2v) is 2.41. The topological polar surface area (TPSA) is 52.0 Å². The minimum Gasteiger partial charge on any atom is -0.274 e. The van der Waals surface area contributed by atoms with Crippen molar-refractivity contribution in [2.75, 3.05) is 0 Å². The van der Waals surface area contributed by atoms with Crippen LogP contribution in [0.25, 0.3) is 11.1 Å². The van der Waals surface area contributed by atoms with Gasteiger partial charge in [0.2, 0.25) is 0 Å². The Labute approximate surface area is 60.8 Å². The third-order valence-electron chi connectivity index (χ3n) is 2.08. The van der Waals surface area contributed by atoms with E-state index in [2.05, 4.69) is 37.7 Å². The lowest BCUT2D eigenvalue weighted by atomic mass is 9.81. The fourth-order valence-electron chi connectivity index (χ4n) is 1.25. The van der Waals surface area contributed by atoms with Gasteiger partial charge in [0.05, 0.1) is 0 Å². The highest BCUT2D eigenvalue weighted by molar-refractivity contribution is 5.85. The van der Waals surface area contributed by atoms with E-state index >= 15 is 0 Å². The molecule has 0 aromatic heterocycles. The van der Waals surface area contributed by atoms with E-state index < -0.39 is 0 Å².